The molecule has 0 aromatic carbocycles. The van der Waals surface area contributed by atoms with E-state index in [9.17, 15) is 4.79 Å². The van der Waals surface area contributed by atoms with Gasteiger partial charge in [0.1, 0.15) is 0 Å². The quantitative estimate of drug-likeness (QED) is 0.723. The van der Waals surface area contributed by atoms with Gasteiger partial charge in [0, 0.05) is 20.2 Å². The molecule has 0 spiro atoms. The van der Waals surface area contributed by atoms with Crippen molar-refractivity contribution in [3.05, 3.63) is 0 Å². The Labute approximate surface area is 91.8 Å². The number of methoxy groups -OCH3 is 1. The van der Waals surface area contributed by atoms with Crippen molar-refractivity contribution < 1.29 is 9.53 Å². The molecule has 4 heteroatoms. The lowest BCUT2D eigenvalue weighted by atomic mass is 9.92. The van der Waals surface area contributed by atoms with Crippen molar-refractivity contribution in [1.82, 2.24) is 10.6 Å². The number of hydrogen-bond donors (Lipinski definition) is 2. The fourth-order valence-corrected chi connectivity index (χ4v) is 2.16. The highest BCUT2D eigenvalue weighted by Gasteiger charge is 2.24. The molecule has 0 bridgehead atoms. The van der Waals surface area contributed by atoms with Crippen molar-refractivity contribution in [2.45, 2.75) is 50.8 Å². The van der Waals surface area contributed by atoms with Gasteiger partial charge < -0.3 is 15.4 Å². The second-order valence-corrected chi connectivity index (χ2v) is 4.22. The summed E-state index contributed by atoms with van der Waals surface area (Å²) in [5.74, 6) is 0.0505. The maximum Gasteiger partial charge on any atom is 0.236 e. The number of carbonyl (C=O) groups is 1. The lowest BCUT2D eigenvalue weighted by molar-refractivity contribution is -0.122. The summed E-state index contributed by atoms with van der Waals surface area (Å²) in [6.45, 7) is 1.90. The van der Waals surface area contributed by atoms with Crippen LogP contribution in [0.2, 0.25) is 0 Å². The zero-order valence-corrected chi connectivity index (χ0v) is 9.88. The topological polar surface area (TPSA) is 50.4 Å². The van der Waals surface area contributed by atoms with Gasteiger partial charge in [-0.3, -0.25) is 4.79 Å². The average molecular weight is 214 g/mol. The summed E-state index contributed by atoms with van der Waals surface area (Å²) in [5, 5.41) is 5.99. The molecule has 0 saturated heterocycles. The van der Waals surface area contributed by atoms with Gasteiger partial charge in [-0.05, 0) is 32.6 Å². The number of hydrogen-bond acceptors (Lipinski definition) is 3. The Bertz CT molecular complexity index is 209. The molecule has 2 N–H and O–H groups in total. The maximum absolute atomic E-state index is 11.3. The van der Waals surface area contributed by atoms with E-state index in [1.807, 2.05) is 6.92 Å². The summed E-state index contributed by atoms with van der Waals surface area (Å²) in [6, 6.07) is 0.298. The van der Waals surface area contributed by atoms with Crippen LogP contribution in [0.25, 0.3) is 0 Å². The van der Waals surface area contributed by atoms with Crippen molar-refractivity contribution >= 4 is 5.91 Å². The van der Waals surface area contributed by atoms with Gasteiger partial charge in [-0.2, -0.15) is 0 Å². The minimum absolute atomic E-state index is 0.0505. The molecule has 0 aromatic heterocycles. The van der Waals surface area contributed by atoms with Crippen LogP contribution in [0.15, 0.2) is 0 Å². The number of nitrogens with one attached hydrogen (secondary N) is 2. The number of amides is 1. The minimum atomic E-state index is -0.115. The van der Waals surface area contributed by atoms with Gasteiger partial charge in [-0.15, -0.1) is 0 Å². The van der Waals surface area contributed by atoms with Gasteiger partial charge in [0.05, 0.1) is 12.1 Å². The van der Waals surface area contributed by atoms with Crippen LogP contribution in [-0.2, 0) is 9.53 Å². The molecule has 0 heterocycles. The summed E-state index contributed by atoms with van der Waals surface area (Å²) in [7, 11) is 3.43. The zero-order chi connectivity index (χ0) is 11.3. The molecule has 3 unspecified atom stereocenters. The SMILES string of the molecule is CNC(=O)C(C)NC1CCCC(OC)C1. The molecule has 88 valence electrons. The van der Waals surface area contributed by atoms with Crippen LogP contribution in [0, 0.1) is 0 Å². The fourth-order valence-electron chi connectivity index (χ4n) is 2.16. The molecule has 15 heavy (non-hydrogen) atoms. The predicted octanol–water partition coefficient (Wildman–Crippen LogP) is 0.668. The molecule has 1 rings (SSSR count). The maximum atomic E-state index is 11.3. The van der Waals surface area contributed by atoms with Gasteiger partial charge >= 0.3 is 0 Å². The molecule has 4 nitrogen and oxygen atoms in total. The fraction of sp³-hybridized carbons (Fsp3) is 0.909. The molecule has 1 amide bonds. The molecule has 0 radical (unpaired) electrons. The largest absolute Gasteiger partial charge is 0.381 e. The van der Waals surface area contributed by atoms with Crippen LogP contribution in [0.5, 0.6) is 0 Å². The summed E-state index contributed by atoms with van der Waals surface area (Å²) >= 11 is 0. The summed E-state index contributed by atoms with van der Waals surface area (Å²) in [6.07, 6.45) is 4.83. The van der Waals surface area contributed by atoms with Crippen molar-refractivity contribution in [3.8, 4) is 0 Å². The monoisotopic (exact) mass is 214 g/mol. The van der Waals surface area contributed by atoms with Crippen LogP contribution in [0.4, 0.5) is 0 Å². The molecule has 1 saturated carbocycles. The van der Waals surface area contributed by atoms with Gasteiger partial charge in [0.2, 0.25) is 5.91 Å². The summed E-state index contributed by atoms with van der Waals surface area (Å²) in [4.78, 5) is 11.3. The Morgan fingerprint density at radius 2 is 2.20 bits per heavy atom. The minimum Gasteiger partial charge on any atom is -0.381 e. The Balaban J connectivity index is 2.34. The molecule has 0 aliphatic heterocycles. The molecular weight excluding hydrogens is 192 g/mol. The van der Waals surface area contributed by atoms with E-state index in [0.717, 1.165) is 19.3 Å². The van der Waals surface area contributed by atoms with Crippen LogP contribution < -0.4 is 10.6 Å². The van der Waals surface area contributed by atoms with E-state index in [2.05, 4.69) is 10.6 Å². The number of rotatable bonds is 4. The van der Waals surface area contributed by atoms with Crippen molar-refractivity contribution in [2.75, 3.05) is 14.2 Å². The smallest absolute Gasteiger partial charge is 0.236 e. The molecule has 1 aliphatic rings. The highest BCUT2D eigenvalue weighted by molar-refractivity contribution is 5.80. The third-order valence-electron chi connectivity index (χ3n) is 3.08. The van der Waals surface area contributed by atoms with E-state index in [-0.39, 0.29) is 11.9 Å². The first-order valence-corrected chi connectivity index (χ1v) is 5.67. The lowest BCUT2D eigenvalue weighted by Gasteiger charge is -2.30. The Hall–Kier alpha value is -0.610. The predicted molar refractivity (Wildman–Crippen MR) is 59.7 cm³/mol. The summed E-state index contributed by atoms with van der Waals surface area (Å²) < 4.78 is 5.35. The molecule has 0 aromatic rings. The van der Waals surface area contributed by atoms with E-state index >= 15 is 0 Å². The lowest BCUT2D eigenvalue weighted by Crippen LogP contribution is -2.47. The molecule has 1 aliphatic carbocycles. The Morgan fingerprint density at radius 3 is 2.80 bits per heavy atom. The first kappa shape index (κ1) is 12.5. The summed E-state index contributed by atoms with van der Waals surface area (Å²) in [5.41, 5.74) is 0. The third-order valence-corrected chi connectivity index (χ3v) is 3.08. The Morgan fingerprint density at radius 1 is 1.47 bits per heavy atom. The van der Waals surface area contributed by atoms with Crippen molar-refractivity contribution in [3.63, 3.8) is 0 Å². The molecular formula is C11H22N2O2. The standard InChI is InChI=1S/C11H22N2O2/c1-8(11(14)12-2)13-9-5-4-6-10(7-9)15-3/h8-10,13H,4-7H2,1-3H3,(H,12,14). The van der Waals surface area contributed by atoms with E-state index in [4.69, 9.17) is 4.74 Å². The average Bonchev–Trinajstić information content (AvgIpc) is 2.28. The van der Waals surface area contributed by atoms with Gasteiger partial charge in [-0.25, -0.2) is 0 Å². The van der Waals surface area contributed by atoms with E-state index < -0.39 is 0 Å². The normalized spacial score (nSPS) is 28.5. The van der Waals surface area contributed by atoms with E-state index in [1.54, 1.807) is 14.2 Å². The van der Waals surface area contributed by atoms with Crippen LogP contribution in [-0.4, -0.2) is 38.3 Å². The highest BCUT2D eigenvalue weighted by Crippen LogP contribution is 2.20. The first-order chi connectivity index (χ1) is 7.17. The van der Waals surface area contributed by atoms with Crippen LogP contribution >= 0.6 is 0 Å². The van der Waals surface area contributed by atoms with Gasteiger partial charge in [0.15, 0.2) is 0 Å². The van der Waals surface area contributed by atoms with Crippen LogP contribution in [0.1, 0.15) is 32.6 Å². The Kier molecular flexibility index (Phi) is 5.05. The van der Waals surface area contributed by atoms with Gasteiger partial charge in [0.25, 0.3) is 0 Å². The first-order valence-electron chi connectivity index (χ1n) is 5.67. The van der Waals surface area contributed by atoms with E-state index in [0.29, 0.717) is 12.1 Å². The van der Waals surface area contributed by atoms with E-state index in [1.165, 1.54) is 6.42 Å². The molecule has 3 atom stereocenters. The number of carbonyl (C=O) groups excluding carboxylic acids is 1. The number of ether oxygens (including phenoxy) is 1. The number of likely N-dealkylation sites (N-methyl/N-ethyl adjacent to an activating group) is 1. The highest BCUT2D eigenvalue weighted by atomic mass is 16.5. The van der Waals surface area contributed by atoms with Crippen LogP contribution in [0.3, 0.4) is 0 Å². The second-order valence-electron chi connectivity index (χ2n) is 4.22. The molecule has 1 fully saturated rings. The second kappa shape index (κ2) is 6.08. The third kappa shape index (κ3) is 3.80. The van der Waals surface area contributed by atoms with Gasteiger partial charge in [-0.1, -0.05) is 0 Å². The van der Waals surface area contributed by atoms with Crippen molar-refractivity contribution in [2.24, 2.45) is 0 Å². The van der Waals surface area contributed by atoms with Crippen molar-refractivity contribution in [1.29, 1.82) is 0 Å². The zero-order valence-electron chi connectivity index (χ0n) is 9.88.